The smallest absolute Gasteiger partial charge is 0.240 e. The van der Waals surface area contributed by atoms with Crippen LogP contribution in [-0.2, 0) is 37.7 Å². The number of sulfonamides is 2. The highest BCUT2D eigenvalue weighted by Gasteiger charge is 2.35. The van der Waals surface area contributed by atoms with Crippen LogP contribution in [0.5, 0.6) is 0 Å². The first-order valence-corrected chi connectivity index (χ1v) is 19.4. The molecule has 2 atom stereocenters. The standard InChI is InChI=1S/C37H38F2N6O5S2/c1-44-23-3-5-31(35(44)33-17-11-27(42-33)19-21-40-51(47,48)29-13-7-25(38)8-14-29)37(46)32-6-4-24-45(2)36(32)34-18-12-28(43-34)20-22-41-52(49,50)30-15-9-26(39)10-16-30/h3-18,23-24,35-36,40-43H,19-22H2,1-2H3. The molecule has 2 aliphatic rings. The molecule has 2 aromatic carbocycles. The van der Waals surface area contributed by atoms with Crippen molar-refractivity contribution in [3.63, 3.8) is 0 Å². The lowest BCUT2D eigenvalue weighted by Gasteiger charge is -2.34. The van der Waals surface area contributed by atoms with Crippen molar-refractivity contribution in [3.05, 3.63) is 155 Å². The van der Waals surface area contributed by atoms with E-state index in [0.29, 0.717) is 24.0 Å². The fourth-order valence-electron chi connectivity index (χ4n) is 6.26. The van der Waals surface area contributed by atoms with Gasteiger partial charge in [0.2, 0.25) is 20.0 Å². The third-order valence-corrected chi connectivity index (χ3v) is 11.8. The quantitative estimate of drug-likeness (QED) is 0.145. The largest absolute Gasteiger partial charge is 0.368 e. The summed E-state index contributed by atoms with van der Waals surface area (Å²) >= 11 is 0. The van der Waals surface area contributed by atoms with Gasteiger partial charge in [0.25, 0.3) is 0 Å². The molecule has 4 N–H and O–H groups in total. The van der Waals surface area contributed by atoms with Gasteiger partial charge in [-0.2, -0.15) is 0 Å². The molecule has 11 nitrogen and oxygen atoms in total. The van der Waals surface area contributed by atoms with Gasteiger partial charge in [0.05, 0.1) is 21.9 Å². The van der Waals surface area contributed by atoms with E-state index in [1.807, 2.05) is 72.7 Å². The van der Waals surface area contributed by atoms with Crippen LogP contribution in [0.2, 0.25) is 0 Å². The van der Waals surface area contributed by atoms with Crippen LogP contribution < -0.4 is 9.44 Å². The Hall–Kier alpha value is -5.09. The number of benzene rings is 2. The lowest BCUT2D eigenvalue weighted by Crippen LogP contribution is -2.32. The first kappa shape index (κ1) is 36.7. The number of likely N-dealkylation sites (N-methyl/N-ethyl adjacent to an activating group) is 2. The number of ketones is 1. The molecule has 0 bridgehead atoms. The molecule has 0 fully saturated rings. The number of rotatable bonds is 14. The second-order valence-electron chi connectivity index (χ2n) is 12.5. The molecular formula is C37H38F2N6O5S2. The van der Waals surface area contributed by atoms with E-state index < -0.39 is 43.8 Å². The van der Waals surface area contributed by atoms with Crippen LogP contribution in [0.4, 0.5) is 8.78 Å². The molecular weight excluding hydrogens is 711 g/mol. The van der Waals surface area contributed by atoms with Crippen molar-refractivity contribution in [2.24, 2.45) is 0 Å². The first-order valence-electron chi connectivity index (χ1n) is 16.4. The fraction of sp³-hybridized carbons (Fsp3) is 0.216. The number of nitrogens with one attached hydrogen (secondary N) is 4. The normalized spacial score (nSPS) is 17.7. The number of halogens is 2. The molecule has 0 amide bonds. The van der Waals surface area contributed by atoms with Crippen molar-refractivity contribution in [3.8, 4) is 0 Å². The van der Waals surface area contributed by atoms with Gasteiger partial charge < -0.3 is 19.8 Å². The molecule has 6 rings (SSSR count). The van der Waals surface area contributed by atoms with Crippen molar-refractivity contribution < 1.29 is 30.4 Å². The third-order valence-electron chi connectivity index (χ3n) is 8.87. The van der Waals surface area contributed by atoms with E-state index in [0.717, 1.165) is 47.0 Å². The van der Waals surface area contributed by atoms with Crippen LogP contribution in [0.1, 0.15) is 34.9 Å². The van der Waals surface area contributed by atoms with Gasteiger partial charge in [0.15, 0.2) is 5.78 Å². The minimum Gasteiger partial charge on any atom is -0.368 e. The Balaban J connectivity index is 1.13. The molecule has 272 valence electrons. The van der Waals surface area contributed by atoms with E-state index in [-0.39, 0.29) is 28.7 Å². The average molecular weight is 749 g/mol. The monoisotopic (exact) mass is 748 g/mol. The number of allylic oxidation sites excluding steroid dienone is 4. The van der Waals surface area contributed by atoms with Crippen LogP contribution in [-0.4, -0.2) is 69.6 Å². The van der Waals surface area contributed by atoms with Crippen molar-refractivity contribution in [1.29, 1.82) is 0 Å². The minimum atomic E-state index is -3.81. The predicted molar refractivity (Wildman–Crippen MR) is 193 cm³/mol. The number of nitrogens with zero attached hydrogens (tertiary/aromatic N) is 2. The first-order chi connectivity index (χ1) is 24.8. The van der Waals surface area contributed by atoms with Crippen molar-refractivity contribution >= 4 is 25.8 Å². The summed E-state index contributed by atoms with van der Waals surface area (Å²) in [6, 6.07) is 15.8. The number of Topliss-reactive ketones (excluding diaryl/α,β-unsaturated/α-hetero) is 1. The Morgan fingerprint density at radius 2 is 1.02 bits per heavy atom. The van der Waals surface area contributed by atoms with Gasteiger partial charge in [-0.05, 0) is 97.3 Å². The summed E-state index contributed by atoms with van der Waals surface area (Å²) < 4.78 is 82.2. The Kier molecular flexibility index (Phi) is 10.8. The second-order valence-corrected chi connectivity index (χ2v) is 16.0. The number of aromatic nitrogens is 2. The molecule has 52 heavy (non-hydrogen) atoms. The molecule has 2 unspecified atom stereocenters. The zero-order chi connectivity index (χ0) is 37.0. The summed E-state index contributed by atoms with van der Waals surface area (Å²) in [6.45, 7) is 0.209. The Labute approximate surface area is 301 Å². The number of hydrogen-bond acceptors (Lipinski definition) is 7. The highest BCUT2D eigenvalue weighted by Crippen LogP contribution is 2.38. The molecule has 0 saturated carbocycles. The van der Waals surface area contributed by atoms with Crippen LogP contribution in [0.25, 0.3) is 0 Å². The van der Waals surface area contributed by atoms with Gasteiger partial charge in [-0.1, -0.05) is 12.2 Å². The molecule has 2 aliphatic heterocycles. The van der Waals surface area contributed by atoms with Gasteiger partial charge in [-0.3, -0.25) is 4.79 Å². The fourth-order valence-corrected chi connectivity index (χ4v) is 8.33. The second kappa shape index (κ2) is 15.3. The number of hydrogen-bond donors (Lipinski definition) is 4. The predicted octanol–water partition coefficient (Wildman–Crippen LogP) is 4.79. The van der Waals surface area contributed by atoms with Gasteiger partial charge >= 0.3 is 0 Å². The van der Waals surface area contributed by atoms with E-state index in [2.05, 4.69) is 19.4 Å². The van der Waals surface area contributed by atoms with Crippen molar-refractivity contribution in [2.75, 3.05) is 27.2 Å². The van der Waals surface area contributed by atoms with Crippen LogP contribution in [0.3, 0.4) is 0 Å². The highest BCUT2D eigenvalue weighted by molar-refractivity contribution is 7.89. The molecule has 0 spiro atoms. The molecule has 0 saturated heterocycles. The van der Waals surface area contributed by atoms with Gasteiger partial charge in [0, 0.05) is 73.9 Å². The third kappa shape index (κ3) is 8.18. The van der Waals surface area contributed by atoms with E-state index >= 15 is 0 Å². The zero-order valence-corrected chi connectivity index (χ0v) is 30.0. The Morgan fingerprint density at radius 3 is 1.40 bits per heavy atom. The van der Waals surface area contributed by atoms with Crippen LogP contribution in [0, 0.1) is 11.6 Å². The SMILES string of the molecule is CN1C=CC=C(C(=O)C2=CC=CN(C)C2c2ccc(CCNS(=O)(=O)c3ccc(F)cc3)[nH]2)C1c1ccc(CCNS(=O)(=O)c2ccc(F)cc2)[nH]1. The highest BCUT2D eigenvalue weighted by atomic mass is 32.2. The van der Waals surface area contributed by atoms with E-state index in [1.165, 1.54) is 24.3 Å². The van der Waals surface area contributed by atoms with Gasteiger partial charge in [0.1, 0.15) is 11.6 Å². The van der Waals surface area contributed by atoms with Gasteiger partial charge in [-0.15, -0.1) is 0 Å². The summed E-state index contributed by atoms with van der Waals surface area (Å²) in [4.78, 5) is 24.9. The number of carbonyl (C=O) groups excluding carboxylic acids is 1. The van der Waals surface area contributed by atoms with E-state index in [1.54, 1.807) is 12.2 Å². The topological polar surface area (TPSA) is 147 Å². The molecule has 0 aliphatic carbocycles. The molecule has 4 heterocycles. The molecule has 15 heteroatoms. The number of H-pyrrole nitrogens is 2. The van der Waals surface area contributed by atoms with Crippen molar-refractivity contribution in [1.82, 2.24) is 29.2 Å². The maximum absolute atomic E-state index is 14.4. The zero-order valence-electron chi connectivity index (χ0n) is 28.4. The average Bonchev–Trinajstić information content (AvgIpc) is 3.78. The maximum atomic E-state index is 14.4. The Morgan fingerprint density at radius 1 is 0.635 bits per heavy atom. The van der Waals surface area contributed by atoms with E-state index in [4.69, 9.17) is 0 Å². The molecule has 0 radical (unpaired) electrons. The van der Waals surface area contributed by atoms with Crippen LogP contribution >= 0.6 is 0 Å². The lowest BCUT2D eigenvalue weighted by atomic mass is 9.87. The number of aromatic amines is 2. The summed E-state index contributed by atoms with van der Waals surface area (Å²) in [5, 5.41) is 0. The molecule has 2 aromatic heterocycles. The summed E-state index contributed by atoms with van der Waals surface area (Å²) in [6.07, 6.45) is 11.7. The number of carbonyl (C=O) groups is 1. The van der Waals surface area contributed by atoms with Crippen LogP contribution in [0.15, 0.2) is 130 Å². The van der Waals surface area contributed by atoms with Crippen molar-refractivity contribution in [2.45, 2.75) is 34.7 Å². The maximum Gasteiger partial charge on any atom is 0.240 e. The lowest BCUT2D eigenvalue weighted by molar-refractivity contribution is -0.113. The summed E-state index contributed by atoms with van der Waals surface area (Å²) in [5.74, 6) is -1.20. The molecule has 4 aromatic rings. The van der Waals surface area contributed by atoms with Gasteiger partial charge in [-0.25, -0.2) is 35.1 Å². The Bertz CT molecular complexity index is 2120. The summed E-state index contributed by atoms with van der Waals surface area (Å²) in [7, 11) is -3.88. The summed E-state index contributed by atoms with van der Waals surface area (Å²) in [5.41, 5.74) is 4.12. The minimum absolute atomic E-state index is 0.0256. The van der Waals surface area contributed by atoms with E-state index in [9.17, 15) is 30.4 Å².